The predicted octanol–water partition coefficient (Wildman–Crippen LogP) is 0.148. The smallest absolute Gasteiger partial charge is 0.330 e. The molecule has 0 N–H and O–H groups in total. The van der Waals surface area contributed by atoms with Gasteiger partial charge in [0.25, 0.3) is 0 Å². The molecule has 1 aromatic heterocycles. The molecule has 1 aromatic rings. The van der Waals surface area contributed by atoms with Gasteiger partial charge in [-0.2, -0.15) is 0 Å². The molecule has 2 atom stereocenters. The van der Waals surface area contributed by atoms with E-state index in [9.17, 15) is 19.5 Å². The second kappa shape index (κ2) is 11.9. The highest BCUT2D eigenvalue weighted by Crippen LogP contribution is 2.30. The summed E-state index contributed by atoms with van der Waals surface area (Å²) in [6, 6.07) is 0. The summed E-state index contributed by atoms with van der Waals surface area (Å²) in [6.07, 6.45) is 9.66. The van der Waals surface area contributed by atoms with Crippen molar-refractivity contribution in [1.82, 2.24) is 4.57 Å². The summed E-state index contributed by atoms with van der Waals surface area (Å²) in [7, 11) is 2.02. The number of aromatic nitrogens is 2. The van der Waals surface area contributed by atoms with Crippen molar-refractivity contribution >= 4 is 17.9 Å². The summed E-state index contributed by atoms with van der Waals surface area (Å²) in [5.41, 5.74) is 0. The first kappa shape index (κ1) is 22.4. The van der Waals surface area contributed by atoms with Crippen LogP contribution in [0, 0.1) is 11.8 Å². The maximum atomic E-state index is 11.8. The van der Waals surface area contributed by atoms with Crippen LogP contribution in [0.5, 0.6) is 0 Å². The molecule has 8 heteroatoms. The Labute approximate surface area is 159 Å². The lowest BCUT2D eigenvalue weighted by Gasteiger charge is -2.30. The molecule has 2 rings (SSSR count). The Morgan fingerprint density at radius 3 is 2.33 bits per heavy atom. The molecule has 0 radical (unpaired) electrons. The first-order valence-corrected chi connectivity index (χ1v) is 9.06. The molecule has 0 spiro atoms. The van der Waals surface area contributed by atoms with Crippen LogP contribution in [0.3, 0.4) is 0 Å². The summed E-state index contributed by atoms with van der Waals surface area (Å²) >= 11 is 0. The van der Waals surface area contributed by atoms with Crippen molar-refractivity contribution in [1.29, 1.82) is 0 Å². The lowest BCUT2D eigenvalue weighted by atomic mass is 9.79. The van der Waals surface area contributed by atoms with Gasteiger partial charge < -0.3 is 19.4 Å². The van der Waals surface area contributed by atoms with Crippen LogP contribution in [0.4, 0.5) is 0 Å². The molecule has 150 valence electrons. The van der Waals surface area contributed by atoms with Crippen LogP contribution in [-0.4, -0.2) is 35.7 Å². The van der Waals surface area contributed by atoms with E-state index in [1.54, 1.807) is 0 Å². The minimum absolute atomic E-state index is 0.0701. The number of hydrogen-bond acceptors (Lipinski definition) is 6. The monoisotopic (exact) mass is 380 g/mol. The molecule has 0 saturated heterocycles. The highest BCUT2D eigenvalue weighted by atomic mass is 16.6. The zero-order valence-electron chi connectivity index (χ0n) is 16.0. The maximum Gasteiger partial charge on any atom is 0.330 e. The Balaban J connectivity index is 0.000000377. The van der Waals surface area contributed by atoms with Crippen molar-refractivity contribution in [2.45, 2.75) is 39.2 Å². The first-order chi connectivity index (χ1) is 12.9. The van der Waals surface area contributed by atoms with E-state index in [-0.39, 0.29) is 13.2 Å². The minimum atomic E-state index is -1.21. The normalized spacial score (nSPS) is 18.6. The van der Waals surface area contributed by atoms with Crippen LogP contribution >= 0.6 is 0 Å². The first-order valence-electron chi connectivity index (χ1n) is 9.06. The van der Waals surface area contributed by atoms with Crippen LogP contribution < -0.4 is 9.67 Å². The molecule has 1 fully saturated rings. The Kier molecular flexibility index (Phi) is 9.85. The lowest BCUT2D eigenvalue weighted by Crippen LogP contribution is -2.41. The second-order valence-corrected chi connectivity index (χ2v) is 6.27. The van der Waals surface area contributed by atoms with E-state index >= 15 is 0 Å². The summed E-state index contributed by atoms with van der Waals surface area (Å²) < 4.78 is 13.7. The molecule has 1 aliphatic rings. The van der Waals surface area contributed by atoms with E-state index in [0.717, 1.165) is 25.5 Å². The largest absolute Gasteiger partial charge is 0.550 e. The third kappa shape index (κ3) is 8.06. The van der Waals surface area contributed by atoms with Crippen LogP contribution in [0.1, 0.15) is 32.6 Å². The van der Waals surface area contributed by atoms with Crippen molar-refractivity contribution in [2.75, 3.05) is 13.2 Å². The van der Waals surface area contributed by atoms with E-state index in [0.29, 0.717) is 12.8 Å². The van der Waals surface area contributed by atoms with Crippen LogP contribution in [0.2, 0.25) is 0 Å². The van der Waals surface area contributed by atoms with Crippen molar-refractivity contribution in [3.05, 3.63) is 31.4 Å². The number of aliphatic carboxylic acids is 1. The van der Waals surface area contributed by atoms with E-state index in [2.05, 4.69) is 35.3 Å². The molecule has 2 unspecified atom stereocenters. The molecule has 1 saturated carbocycles. The van der Waals surface area contributed by atoms with Crippen LogP contribution in [0.25, 0.3) is 0 Å². The van der Waals surface area contributed by atoms with Gasteiger partial charge in [0.15, 0.2) is 0 Å². The molecule has 0 amide bonds. The van der Waals surface area contributed by atoms with E-state index in [4.69, 9.17) is 4.74 Å². The summed E-state index contributed by atoms with van der Waals surface area (Å²) in [6.45, 7) is 6.25. The number of carbonyl (C=O) groups excluding carboxylic acids is 3. The van der Waals surface area contributed by atoms with E-state index < -0.39 is 29.7 Å². The number of nitrogens with zero attached hydrogens (tertiary/aromatic N) is 2. The number of carboxylic acids is 1. The molecule has 27 heavy (non-hydrogen) atoms. The Morgan fingerprint density at radius 2 is 1.85 bits per heavy atom. The van der Waals surface area contributed by atoms with Gasteiger partial charge >= 0.3 is 11.9 Å². The van der Waals surface area contributed by atoms with Gasteiger partial charge in [-0.3, -0.25) is 4.79 Å². The summed E-state index contributed by atoms with van der Waals surface area (Å²) in [5.74, 6) is -3.81. The fourth-order valence-electron chi connectivity index (χ4n) is 2.83. The SMILES string of the molecule is C=CC(=O)OCCOC(=O)C1CCCCC1C(=O)[O-].CCn1cc[n+](C)c1. The van der Waals surface area contributed by atoms with Crippen molar-refractivity contribution in [3.8, 4) is 0 Å². The average molecular weight is 380 g/mol. The number of esters is 2. The number of carboxylic acid groups (broad SMARTS) is 1. The third-order valence-corrected chi connectivity index (χ3v) is 4.30. The molecule has 0 aromatic carbocycles. The second-order valence-electron chi connectivity index (χ2n) is 6.27. The highest BCUT2D eigenvalue weighted by molar-refractivity contribution is 5.81. The average Bonchev–Trinajstić information content (AvgIpc) is 3.10. The fraction of sp³-hybridized carbons (Fsp3) is 0.579. The Hall–Kier alpha value is -2.64. The van der Waals surface area contributed by atoms with Gasteiger partial charge in [-0.05, 0) is 19.8 Å². The third-order valence-electron chi connectivity index (χ3n) is 4.30. The fourth-order valence-corrected chi connectivity index (χ4v) is 2.83. The van der Waals surface area contributed by atoms with Gasteiger partial charge in [0.05, 0.1) is 19.5 Å². The number of carbonyl (C=O) groups is 3. The Morgan fingerprint density at radius 1 is 1.22 bits per heavy atom. The van der Waals surface area contributed by atoms with Gasteiger partial charge in [-0.25, -0.2) is 13.9 Å². The van der Waals surface area contributed by atoms with Gasteiger partial charge in [-0.1, -0.05) is 19.4 Å². The number of ether oxygens (including phenoxy) is 2. The molecular formula is C19H28N2O6. The minimum Gasteiger partial charge on any atom is -0.550 e. The molecule has 0 bridgehead atoms. The standard InChI is InChI=1S/C13H18O6.C6H11N2/c1-2-11(14)18-7-8-19-13(17)10-6-4-3-5-9(10)12(15)16;1-3-8-5-4-7(2)6-8/h2,9-10H,1,3-8H2,(H,15,16);4-6H,3H2,1-2H3/q;+1/p-1. The van der Waals surface area contributed by atoms with Gasteiger partial charge in [0, 0.05) is 18.0 Å². The molecule has 8 nitrogen and oxygen atoms in total. The zero-order valence-corrected chi connectivity index (χ0v) is 16.0. The molecular weight excluding hydrogens is 352 g/mol. The number of hydrogen-bond donors (Lipinski definition) is 0. The molecule has 1 heterocycles. The van der Waals surface area contributed by atoms with Gasteiger partial charge in [0.1, 0.15) is 25.6 Å². The molecule has 1 aliphatic carbocycles. The zero-order chi connectivity index (χ0) is 20.2. The number of aryl methyl sites for hydroxylation is 2. The number of rotatable bonds is 7. The lowest BCUT2D eigenvalue weighted by molar-refractivity contribution is -0.671. The van der Waals surface area contributed by atoms with Crippen molar-refractivity contribution in [3.63, 3.8) is 0 Å². The van der Waals surface area contributed by atoms with E-state index in [1.807, 2.05) is 17.8 Å². The van der Waals surface area contributed by atoms with Gasteiger partial charge in [0.2, 0.25) is 6.33 Å². The van der Waals surface area contributed by atoms with Crippen LogP contribution in [0.15, 0.2) is 31.4 Å². The summed E-state index contributed by atoms with van der Waals surface area (Å²) in [5, 5.41) is 10.9. The quantitative estimate of drug-likeness (QED) is 0.289. The Bertz CT molecular complexity index is 640. The van der Waals surface area contributed by atoms with Gasteiger partial charge in [-0.15, -0.1) is 0 Å². The number of imidazole rings is 1. The predicted molar refractivity (Wildman–Crippen MR) is 93.9 cm³/mol. The molecule has 0 aliphatic heterocycles. The summed E-state index contributed by atoms with van der Waals surface area (Å²) in [4.78, 5) is 33.4. The topological polar surface area (TPSA) is 102 Å². The van der Waals surface area contributed by atoms with Crippen LogP contribution in [-0.2, 0) is 37.4 Å². The highest BCUT2D eigenvalue weighted by Gasteiger charge is 2.32. The van der Waals surface area contributed by atoms with Crippen molar-refractivity contribution < 1.29 is 33.5 Å². The van der Waals surface area contributed by atoms with E-state index in [1.165, 1.54) is 0 Å². The van der Waals surface area contributed by atoms with Crippen molar-refractivity contribution in [2.24, 2.45) is 18.9 Å². The maximum absolute atomic E-state index is 11.8.